The van der Waals surface area contributed by atoms with Crippen LogP contribution < -0.4 is 5.32 Å². The molecule has 0 spiro atoms. The molecule has 1 aromatic heterocycles. The molecule has 1 aromatic rings. The van der Waals surface area contributed by atoms with E-state index in [1.807, 2.05) is 32.9 Å². The van der Waals surface area contributed by atoms with Gasteiger partial charge in [0.15, 0.2) is 0 Å². The molecule has 0 radical (unpaired) electrons. The number of anilines is 1. The first-order valence-electron chi connectivity index (χ1n) is 4.77. The first-order chi connectivity index (χ1) is 7.22. The number of rotatable bonds is 3. The van der Waals surface area contributed by atoms with Crippen molar-refractivity contribution in [2.45, 2.75) is 20.8 Å². The lowest BCUT2D eigenvalue weighted by Gasteiger charge is -1.94. The predicted octanol–water partition coefficient (Wildman–Crippen LogP) is 3.23. The summed E-state index contributed by atoms with van der Waals surface area (Å²) in [5.41, 5.74) is 0. The molecule has 0 unspecified atom stereocenters. The van der Waals surface area contributed by atoms with Gasteiger partial charge in [-0.3, -0.25) is 4.79 Å². The van der Waals surface area contributed by atoms with Crippen molar-refractivity contribution < 1.29 is 4.79 Å². The monoisotopic (exact) mass is 224 g/mol. The van der Waals surface area contributed by atoms with Crippen molar-refractivity contribution in [3.8, 4) is 0 Å². The molecule has 1 amide bonds. The van der Waals surface area contributed by atoms with Crippen LogP contribution in [-0.4, -0.2) is 12.1 Å². The lowest BCUT2D eigenvalue weighted by Crippen LogP contribution is -2.06. The van der Waals surface area contributed by atoms with E-state index >= 15 is 0 Å². The number of aryl methyl sites for hydroxylation is 1. The molecule has 2 N–H and O–H groups in total. The van der Waals surface area contributed by atoms with Gasteiger partial charge in [0.2, 0.25) is 5.91 Å². The molecule has 0 bridgehead atoms. The first kappa shape index (κ1) is 13.6. The zero-order valence-electron chi connectivity index (χ0n) is 9.20. The molecule has 0 aliphatic heterocycles. The van der Waals surface area contributed by atoms with Gasteiger partial charge in [-0.1, -0.05) is 13.8 Å². The average Bonchev–Trinajstić information content (AvgIpc) is 2.64. The standard InChI is InChI=1S/C9H10N2OS.C2H6/c1-7-4-5-9(13-7)11-8(12)3-2-6-10;1-2/h2-6,10H,1H3,(H,11,12);1-2H3/b3-2-,10-6?;. The highest BCUT2D eigenvalue weighted by Crippen LogP contribution is 2.20. The Hall–Kier alpha value is -1.42. The Kier molecular flexibility index (Phi) is 7.18. The molecule has 0 atom stereocenters. The maximum absolute atomic E-state index is 11.1. The first-order valence-corrected chi connectivity index (χ1v) is 5.58. The molecular formula is C11H16N2OS. The summed E-state index contributed by atoms with van der Waals surface area (Å²) in [6.07, 6.45) is 3.77. The summed E-state index contributed by atoms with van der Waals surface area (Å²) < 4.78 is 0. The van der Waals surface area contributed by atoms with Crippen molar-refractivity contribution in [1.82, 2.24) is 0 Å². The summed E-state index contributed by atoms with van der Waals surface area (Å²) in [7, 11) is 0. The third-order valence-electron chi connectivity index (χ3n) is 1.33. The molecule has 0 aromatic carbocycles. The summed E-state index contributed by atoms with van der Waals surface area (Å²) >= 11 is 1.53. The van der Waals surface area contributed by atoms with E-state index in [2.05, 4.69) is 5.32 Å². The van der Waals surface area contributed by atoms with Gasteiger partial charge in [-0.05, 0) is 25.1 Å². The Bertz CT molecular complexity index is 342. The number of hydrogen-bond acceptors (Lipinski definition) is 3. The molecule has 1 rings (SSSR count). The fraction of sp³-hybridized carbons (Fsp3) is 0.273. The average molecular weight is 224 g/mol. The summed E-state index contributed by atoms with van der Waals surface area (Å²) in [5, 5.41) is 10.2. The molecule has 82 valence electrons. The molecule has 0 saturated heterocycles. The van der Waals surface area contributed by atoms with Crippen LogP contribution in [0, 0.1) is 12.3 Å². The van der Waals surface area contributed by atoms with E-state index in [9.17, 15) is 4.79 Å². The highest BCUT2D eigenvalue weighted by Gasteiger charge is 1.98. The number of allylic oxidation sites excluding steroid dienone is 1. The van der Waals surface area contributed by atoms with Gasteiger partial charge in [-0.25, -0.2) is 0 Å². The van der Waals surface area contributed by atoms with Crippen molar-refractivity contribution in [1.29, 1.82) is 5.41 Å². The van der Waals surface area contributed by atoms with Crippen LogP contribution in [0.2, 0.25) is 0 Å². The van der Waals surface area contributed by atoms with Crippen LogP contribution in [0.25, 0.3) is 0 Å². The minimum absolute atomic E-state index is 0.203. The van der Waals surface area contributed by atoms with E-state index in [1.165, 1.54) is 23.5 Å². The molecule has 3 nitrogen and oxygen atoms in total. The highest BCUT2D eigenvalue weighted by molar-refractivity contribution is 7.16. The molecular weight excluding hydrogens is 208 g/mol. The second-order valence-electron chi connectivity index (χ2n) is 2.43. The fourth-order valence-corrected chi connectivity index (χ4v) is 1.57. The van der Waals surface area contributed by atoms with Crippen molar-refractivity contribution in [3.05, 3.63) is 29.2 Å². The number of nitrogens with one attached hydrogen (secondary N) is 2. The largest absolute Gasteiger partial charge is 0.314 e. The summed E-state index contributed by atoms with van der Waals surface area (Å²) in [4.78, 5) is 12.2. The van der Waals surface area contributed by atoms with Crippen LogP contribution >= 0.6 is 11.3 Å². The van der Waals surface area contributed by atoms with Crippen LogP contribution in [0.3, 0.4) is 0 Å². The molecule has 0 aliphatic rings. The second-order valence-corrected chi connectivity index (χ2v) is 3.71. The zero-order chi connectivity index (χ0) is 11.7. The molecule has 1 heterocycles. The number of amides is 1. The quantitative estimate of drug-likeness (QED) is 0.601. The number of carbonyl (C=O) groups is 1. The number of carbonyl (C=O) groups excluding carboxylic acids is 1. The lowest BCUT2D eigenvalue weighted by molar-refractivity contribution is -0.111. The Balaban J connectivity index is 0.000000921. The van der Waals surface area contributed by atoms with Crippen LogP contribution in [0.4, 0.5) is 5.00 Å². The second kappa shape index (κ2) is 7.94. The zero-order valence-corrected chi connectivity index (χ0v) is 10.0. The molecule has 4 heteroatoms. The molecule has 0 fully saturated rings. The van der Waals surface area contributed by atoms with Gasteiger partial charge >= 0.3 is 0 Å². The Labute approximate surface area is 94.3 Å². The maximum atomic E-state index is 11.1. The minimum atomic E-state index is -0.203. The number of hydrogen-bond donors (Lipinski definition) is 2. The Morgan fingerprint density at radius 2 is 2.13 bits per heavy atom. The smallest absolute Gasteiger partial charge is 0.249 e. The van der Waals surface area contributed by atoms with E-state index in [1.54, 1.807) is 0 Å². The van der Waals surface area contributed by atoms with E-state index in [4.69, 9.17) is 5.41 Å². The van der Waals surface area contributed by atoms with Crippen LogP contribution in [-0.2, 0) is 4.79 Å². The summed E-state index contributed by atoms with van der Waals surface area (Å²) in [6, 6.07) is 3.80. The molecule has 15 heavy (non-hydrogen) atoms. The molecule has 0 aliphatic carbocycles. The third-order valence-corrected chi connectivity index (χ3v) is 2.25. The Morgan fingerprint density at radius 1 is 1.47 bits per heavy atom. The summed E-state index contributed by atoms with van der Waals surface area (Å²) in [5.74, 6) is -0.203. The van der Waals surface area contributed by atoms with E-state index in [0.29, 0.717) is 0 Å². The van der Waals surface area contributed by atoms with Crippen molar-refractivity contribution in [2.75, 3.05) is 5.32 Å². The van der Waals surface area contributed by atoms with Gasteiger partial charge in [0.25, 0.3) is 0 Å². The van der Waals surface area contributed by atoms with Crippen LogP contribution in [0.5, 0.6) is 0 Å². The Morgan fingerprint density at radius 3 is 2.60 bits per heavy atom. The molecule has 0 saturated carbocycles. The predicted molar refractivity (Wildman–Crippen MR) is 67.0 cm³/mol. The fourth-order valence-electron chi connectivity index (χ4n) is 0.800. The van der Waals surface area contributed by atoms with E-state index in [-0.39, 0.29) is 5.91 Å². The van der Waals surface area contributed by atoms with Gasteiger partial charge in [0.05, 0.1) is 5.00 Å². The van der Waals surface area contributed by atoms with Gasteiger partial charge < -0.3 is 10.7 Å². The maximum Gasteiger partial charge on any atom is 0.249 e. The SMILES string of the molecule is CC.Cc1ccc(NC(=O)/C=C\C=N)s1. The lowest BCUT2D eigenvalue weighted by atomic mass is 10.4. The highest BCUT2D eigenvalue weighted by atomic mass is 32.1. The minimum Gasteiger partial charge on any atom is -0.314 e. The van der Waals surface area contributed by atoms with E-state index < -0.39 is 0 Å². The van der Waals surface area contributed by atoms with Crippen LogP contribution in [0.1, 0.15) is 18.7 Å². The van der Waals surface area contributed by atoms with Gasteiger partial charge in [0.1, 0.15) is 0 Å². The van der Waals surface area contributed by atoms with E-state index in [0.717, 1.165) is 16.1 Å². The van der Waals surface area contributed by atoms with Crippen molar-refractivity contribution >= 4 is 28.5 Å². The van der Waals surface area contributed by atoms with Gasteiger partial charge in [-0.15, -0.1) is 11.3 Å². The van der Waals surface area contributed by atoms with Crippen molar-refractivity contribution in [3.63, 3.8) is 0 Å². The van der Waals surface area contributed by atoms with Crippen LogP contribution in [0.15, 0.2) is 24.3 Å². The van der Waals surface area contributed by atoms with Gasteiger partial charge in [-0.2, -0.15) is 0 Å². The summed E-state index contributed by atoms with van der Waals surface area (Å²) in [6.45, 7) is 5.98. The normalized spacial score (nSPS) is 9.27. The van der Waals surface area contributed by atoms with Crippen molar-refractivity contribution in [2.24, 2.45) is 0 Å². The van der Waals surface area contributed by atoms with Gasteiger partial charge in [0, 0.05) is 17.2 Å². The third kappa shape index (κ3) is 5.80. The topological polar surface area (TPSA) is 53.0 Å². The number of thiophene rings is 1.